The molecule has 0 aliphatic rings. The summed E-state index contributed by atoms with van der Waals surface area (Å²) in [6.07, 6.45) is 2.18. The number of nitrogen functional groups attached to an aromatic ring is 1. The Hall–Kier alpha value is -1.51. The van der Waals surface area contributed by atoms with Gasteiger partial charge in [-0.25, -0.2) is 0 Å². The van der Waals surface area contributed by atoms with Crippen LogP contribution in [0.5, 0.6) is 5.75 Å². The molecule has 2 N–H and O–H groups in total. The van der Waals surface area contributed by atoms with Gasteiger partial charge in [0.05, 0.1) is 6.61 Å². The Kier molecular flexibility index (Phi) is 3.82. The quantitative estimate of drug-likeness (QED) is 0.424. The van der Waals surface area contributed by atoms with Crippen LogP contribution in [0, 0.1) is 0 Å². The Bertz CT molecular complexity index is 273. The molecule has 0 aromatic heterocycles. The zero-order valence-electron chi connectivity index (χ0n) is 7.40. The van der Waals surface area contributed by atoms with Crippen LogP contribution in [-0.4, -0.2) is 12.9 Å². The minimum atomic E-state index is 0.544. The molecular weight excluding hydrogens is 166 g/mol. The highest BCUT2D eigenvalue weighted by Crippen LogP contribution is 2.14. The molecule has 1 aromatic carbocycles. The number of anilines is 1. The van der Waals surface area contributed by atoms with Crippen molar-refractivity contribution in [3.63, 3.8) is 0 Å². The summed E-state index contributed by atoms with van der Waals surface area (Å²) >= 11 is 0. The van der Waals surface area contributed by atoms with Crippen LogP contribution in [0.2, 0.25) is 0 Å². The second-order valence-corrected chi connectivity index (χ2v) is 2.73. The number of nitrogens with two attached hydrogens (primary N) is 1. The van der Waals surface area contributed by atoms with E-state index < -0.39 is 0 Å². The molecule has 0 unspecified atom stereocenters. The lowest BCUT2D eigenvalue weighted by Crippen LogP contribution is -1.97. The van der Waals surface area contributed by atoms with E-state index in [1.807, 2.05) is 12.1 Å². The predicted molar refractivity (Wildman–Crippen MR) is 51.6 cm³/mol. The molecule has 0 amide bonds. The second kappa shape index (κ2) is 5.19. The first-order valence-corrected chi connectivity index (χ1v) is 4.25. The topological polar surface area (TPSA) is 52.3 Å². The minimum Gasteiger partial charge on any atom is -0.494 e. The number of rotatable bonds is 5. The summed E-state index contributed by atoms with van der Waals surface area (Å²) in [6.45, 7) is 0.558. The Labute approximate surface area is 77.5 Å². The number of ether oxygens (including phenoxy) is 1. The lowest BCUT2D eigenvalue weighted by molar-refractivity contribution is -0.108. The minimum absolute atomic E-state index is 0.544. The molecule has 13 heavy (non-hydrogen) atoms. The summed E-state index contributed by atoms with van der Waals surface area (Å²) in [5, 5.41) is 0. The van der Waals surface area contributed by atoms with Gasteiger partial charge in [-0.15, -0.1) is 0 Å². The summed E-state index contributed by atoms with van der Waals surface area (Å²) in [5.74, 6) is 0.755. The maximum atomic E-state index is 9.99. The van der Waals surface area contributed by atoms with Gasteiger partial charge in [0, 0.05) is 18.2 Å². The van der Waals surface area contributed by atoms with E-state index in [1.54, 1.807) is 12.1 Å². The number of hydrogen-bond acceptors (Lipinski definition) is 3. The first kappa shape index (κ1) is 9.58. The fourth-order valence-electron chi connectivity index (χ4n) is 0.961. The zero-order valence-corrected chi connectivity index (χ0v) is 7.40. The molecule has 3 heteroatoms. The molecule has 70 valence electrons. The van der Waals surface area contributed by atoms with Crippen molar-refractivity contribution in [3.05, 3.63) is 24.3 Å². The van der Waals surface area contributed by atoms with Crippen LogP contribution < -0.4 is 10.5 Å². The highest BCUT2D eigenvalue weighted by molar-refractivity contribution is 5.49. The summed E-state index contributed by atoms with van der Waals surface area (Å²) in [7, 11) is 0. The second-order valence-electron chi connectivity index (χ2n) is 2.73. The van der Waals surface area contributed by atoms with E-state index >= 15 is 0 Å². The molecule has 0 spiro atoms. The molecule has 0 aliphatic heterocycles. The van der Waals surface area contributed by atoms with Crippen molar-refractivity contribution in [2.45, 2.75) is 12.8 Å². The van der Waals surface area contributed by atoms with Gasteiger partial charge in [-0.1, -0.05) is 6.07 Å². The highest BCUT2D eigenvalue weighted by atomic mass is 16.5. The smallest absolute Gasteiger partial charge is 0.121 e. The van der Waals surface area contributed by atoms with Gasteiger partial charge in [0.1, 0.15) is 12.0 Å². The summed E-state index contributed by atoms with van der Waals surface area (Å²) in [5.41, 5.74) is 6.24. The zero-order chi connectivity index (χ0) is 9.52. The van der Waals surface area contributed by atoms with Gasteiger partial charge in [-0.05, 0) is 18.6 Å². The predicted octanol–water partition coefficient (Wildman–Crippen LogP) is 1.63. The third-order valence-electron chi connectivity index (χ3n) is 1.59. The molecule has 0 bridgehead atoms. The fourth-order valence-corrected chi connectivity index (χ4v) is 0.961. The summed E-state index contributed by atoms with van der Waals surface area (Å²) in [4.78, 5) is 9.99. The van der Waals surface area contributed by atoms with E-state index in [0.717, 1.165) is 18.5 Å². The Morgan fingerprint density at radius 3 is 3.00 bits per heavy atom. The molecule has 0 heterocycles. The maximum absolute atomic E-state index is 9.99. The fraction of sp³-hybridized carbons (Fsp3) is 0.300. The number of aldehydes is 1. The number of carbonyl (C=O) groups excluding carboxylic acids is 1. The maximum Gasteiger partial charge on any atom is 0.121 e. The highest BCUT2D eigenvalue weighted by Gasteiger charge is 1.93. The van der Waals surface area contributed by atoms with Gasteiger partial charge in [-0.2, -0.15) is 0 Å². The van der Waals surface area contributed by atoms with Crippen LogP contribution in [0.3, 0.4) is 0 Å². The Balaban J connectivity index is 2.32. The number of hydrogen-bond donors (Lipinski definition) is 1. The number of benzene rings is 1. The molecule has 0 atom stereocenters. The van der Waals surface area contributed by atoms with Crippen LogP contribution in [0.15, 0.2) is 24.3 Å². The van der Waals surface area contributed by atoms with Gasteiger partial charge >= 0.3 is 0 Å². The third kappa shape index (κ3) is 3.60. The average Bonchev–Trinajstić information content (AvgIpc) is 2.13. The van der Waals surface area contributed by atoms with E-state index in [-0.39, 0.29) is 0 Å². The van der Waals surface area contributed by atoms with Crippen LogP contribution in [0.25, 0.3) is 0 Å². The van der Waals surface area contributed by atoms with Gasteiger partial charge in [0.15, 0.2) is 0 Å². The third-order valence-corrected chi connectivity index (χ3v) is 1.59. The molecule has 1 rings (SSSR count). The lowest BCUT2D eigenvalue weighted by atomic mass is 10.3. The molecule has 0 saturated heterocycles. The van der Waals surface area contributed by atoms with Crippen molar-refractivity contribution in [2.75, 3.05) is 12.3 Å². The van der Waals surface area contributed by atoms with E-state index in [9.17, 15) is 4.79 Å². The van der Waals surface area contributed by atoms with Crippen molar-refractivity contribution in [1.29, 1.82) is 0 Å². The molecule has 0 fully saturated rings. The van der Waals surface area contributed by atoms with E-state index in [4.69, 9.17) is 10.5 Å². The average molecular weight is 179 g/mol. The monoisotopic (exact) mass is 179 g/mol. The van der Waals surface area contributed by atoms with Crippen LogP contribution >= 0.6 is 0 Å². The van der Waals surface area contributed by atoms with Gasteiger partial charge in [0.25, 0.3) is 0 Å². The van der Waals surface area contributed by atoms with Crippen molar-refractivity contribution >= 4 is 12.0 Å². The van der Waals surface area contributed by atoms with Gasteiger partial charge in [0.2, 0.25) is 0 Å². The molecule has 0 aliphatic carbocycles. The molecule has 0 saturated carbocycles. The molecule has 3 nitrogen and oxygen atoms in total. The lowest BCUT2D eigenvalue weighted by Gasteiger charge is -2.04. The Morgan fingerprint density at radius 2 is 2.31 bits per heavy atom. The van der Waals surface area contributed by atoms with Crippen LogP contribution in [0.4, 0.5) is 5.69 Å². The molecule has 0 radical (unpaired) electrons. The normalized spacial score (nSPS) is 9.54. The van der Waals surface area contributed by atoms with Gasteiger partial charge < -0.3 is 15.3 Å². The SMILES string of the molecule is Nc1cccc(OCCCC=O)c1. The standard InChI is InChI=1S/C10H13NO2/c11-9-4-3-5-10(8-9)13-7-2-1-6-12/h3-6,8H,1-2,7,11H2. The molecular formula is C10H13NO2. The largest absolute Gasteiger partial charge is 0.494 e. The van der Waals surface area contributed by atoms with E-state index in [2.05, 4.69) is 0 Å². The van der Waals surface area contributed by atoms with Gasteiger partial charge in [-0.3, -0.25) is 0 Å². The summed E-state index contributed by atoms with van der Waals surface area (Å²) in [6, 6.07) is 7.25. The first-order chi connectivity index (χ1) is 6.33. The number of carbonyl (C=O) groups is 1. The van der Waals surface area contributed by atoms with E-state index in [1.165, 1.54) is 0 Å². The van der Waals surface area contributed by atoms with Crippen molar-refractivity contribution < 1.29 is 9.53 Å². The first-order valence-electron chi connectivity index (χ1n) is 4.25. The Morgan fingerprint density at radius 1 is 1.46 bits per heavy atom. The van der Waals surface area contributed by atoms with Crippen molar-refractivity contribution in [3.8, 4) is 5.75 Å². The van der Waals surface area contributed by atoms with Crippen LogP contribution in [0.1, 0.15) is 12.8 Å². The van der Waals surface area contributed by atoms with Crippen LogP contribution in [-0.2, 0) is 4.79 Å². The van der Waals surface area contributed by atoms with E-state index in [0.29, 0.717) is 18.7 Å². The molecule has 1 aromatic rings. The van der Waals surface area contributed by atoms with Crippen molar-refractivity contribution in [2.24, 2.45) is 0 Å². The van der Waals surface area contributed by atoms with Crippen molar-refractivity contribution in [1.82, 2.24) is 0 Å². The number of unbranched alkanes of at least 4 members (excludes halogenated alkanes) is 1. The summed E-state index contributed by atoms with van der Waals surface area (Å²) < 4.78 is 5.35.